The number of aromatic nitrogens is 3. The third kappa shape index (κ3) is 2.93. The molecule has 3 rings (SSSR count). The van der Waals surface area contributed by atoms with Gasteiger partial charge >= 0.3 is 0 Å². The van der Waals surface area contributed by atoms with E-state index in [1.165, 1.54) is 0 Å². The lowest BCUT2D eigenvalue weighted by Gasteiger charge is -2.00. The van der Waals surface area contributed by atoms with E-state index in [4.69, 9.17) is 17.0 Å². The molecule has 106 valence electrons. The summed E-state index contributed by atoms with van der Waals surface area (Å²) in [6.45, 7) is 0. The Morgan fingerprint density at radius 1 is 1.33 bits per heavy atom. The van der Waals surface area contributed by atoms with Crippen LogP contribution in [0.5, 0.6) is 5.75 Å². The van der Waals surface area contributed by atoms with Crippen molar-refractivity contribution in [1.29, 1.82) is 0 Å². The van der Waals surface area contributed by atoms with Crippen LogP contribution >= 0.6 is 23.6 Å². The summed E-state index contributed by atoms with van der Waals surface area (Å²) in [7, 11) is 1.64. The Bertz CT molecular complexity index is 800. The van der Waals surface area contributed by atoms with E-state index < -0.39 is 0 Å². The molecule has 0 radical (unpaired) electrons. The van der Waals surface area contributed by atoms with Crippen LogP contribution in [0.1, 0.15) is 5.56 Å². The lowest BCUT2D eigenvalue weighted by atomic mass is 10.2. The van der Waals surface area contributed by atoms with Crippen molar-refractivity contribution >= 4 is 29.8 Å². The van der Waals surface area contributed by atoms with E-state index in [0.29, 0.717) is 10.6 Å². The normalized spacial score (nSPS) is 11.1. The molecular formula is C14H12N4OS2. The van der Waals surface area contributed by atoms with Crippen LogP contribution in [0.15, 0.2) is 46.9 Å². The van der Waals surface area contributed by atoms with Crippen molar-refractivity contribution in [3.05, 3.63) is 52.1 Å². The monoisotopic (exact) mass is 316 g/mol. The maximum absolute atomic E-state index is 5.22. The second-order valence-electron chi connectivity index (χ2n) is 4.16. The summed E-state index contributed by atoms with van der Waals surface area (Å²) in [6.07, 6.45) is 1.74. The van der Waals surface area contributed by atoms with Gasteiger partial charge in [0.1, 0.15) is 5.75 Å². The molecule has 3 aromatic rings. The fourth-order valence-corrected chi connectivity index (χ4v) is 2.66. The molecule has 0 unspecified atom stereocenters. The van der Waals surface area contributed by atoms with Crippen LogP contribution in [0.4, 0.5) is 0 Å². The number of methoxy groups -OCH3 is 1. The molecule has 0 atom stereocenters. The molecule has 7 heteroatoms. The Hall–Kier alpha value is -2.25. The number of rotatable bonds is 4. The summed E-state index contributed by atoms with van der Waals surface area (Å²) >= 11 is 6.81. The van der Waals surface area contributed by atoms with Crippen molar-refractivity contribution in [2.24, 2.45) is 5.10 Å². The van der Waals surface area contributed by atoms with Crippen LogP contribution < -0.4 is 4.74 Å². The number of nitrogens with one attached hydrogen (secondary N) is 1. The van der Waals surface area contributed by atoms with Gasteiger partial charge in [0.05, 0.1) is 18.2 Å². The van der Waals surface area contributed by atoms with Crippen LogP contribution in [-0.4, -0.2) is 28.2 Å². The molecule has 21 heavy (non-hydrogen) atoms. The van der Waals surface area contributed by atoms with Crippen molar-refractivity contribution in [2.45, 2.75) is 0 Å². The number of H-pyrrole nitrogens is 1. The summed E-state index contributed by atoms with van der Waals surface area (Å²) in [4.78, 5) is 1.01. The highest BCUT2D eigenvalue weighted by molar-refractivity contribution is 7.71. The van der Waals surface area contributed by atoms with E-state index >= 15 is 0 Å². The minimum atomic E-state index is 0.461. The molecule has 0 amide bonds. The summed E-state index contributed by atoms with van der Waals surface area (Å²) in [5.74, 6) is 1.52. The predicted molar refractivity (Wildman–Crippen MR) is 86.7 cm³/mol. The number of ether oxygens (including phenoxy) is 1. The summed E-state index contributed by atoms with van der Waals surface area (Å²) in [5.41, 5.74) is 0.955. The summed E-state index contributed by atoms with van der Waals surface area (Å²) < 4.78 is 7.20. The number of nitrogens with zero attached hydrogens (tertiary/aromatic N) is 3. The van der Waals surface area contributed by atoms with Crippen LogP contribution in [0, 0.1) is 4.77 Å². The van der Waals surface area contributed by atoms with E-state index in [9.17, 15) is 0 Å². The Labute approximate surface area is 130 Å². The smallest absolute Gasteiger partial charge is 0.216 e. The number of thiophene rings is 1. The minimum absolute atomic E-state index is 0.461. The van der Waals surface area contributed by atoms with E-state index in [-0.39, 0.29) is 0 Å². The standard InChI is InChI=1S/C14H12N4OS2/c1-19-11-6-4-10(5-7-11)9-15-18-13(16-17-14(18)20)12-3-2-8-21-12/h2-9H,1H3,(H,17,20)/b15-9+. The van der Waals surface area contributed by atoms with Crippen LogP contribution in [0.25, 0.3) is 10.7 Å². The zero-order valence-corrected chi connectivity index (χ0v) is 12.8. The van der Waals surface area contributed by atoms with Gasteiger partial charge in [-0.25, -0.2) is 5.10 Å². The maximum Gasteiger partial charge on any atom is 0.216 e. The average molecular weight is 316 g/mol. The van der Waals surface area contributed by atoms with Crippen LogP contribution in [0.2, 0.25) is 0 Å². The molecule has 0 aliphatic heterocycles. The molecule has 1 N–H and O–H groups in total. The topological polar surface area (TPSA) is 55.2 Å². The molecule has 2 aromatic heterocycles. The molecule has 0 bridgehead atoms. The van der Waals surface area contributed by atoms with E-state index in [1.807, 2.05) is 41.8 Å². The fourth-order valence-electron chi connectivity index (χ4n) is 1.78. The highest BCUT2D eigenvalue weighted by Gasteiger charge is 2.08. The van der Waals surface area contributed by atoms with Gasteiger partial charge in [0.25, 0.3) is 0 Å². The minimum Gasteiger partial charge on any atom is -0.497 e. The van der Waals surface area contributed by atoms with Gasteiger partial charge in [0, 0.05) is 0 Å². The van der Waals surface area contributed by atoms with Gasteiger partial charge in [-0.2, -0.15) is 14.9 Å². The number of hydrogen-bond donors (Lipinski definition) is 1. The van der Waals surface area contributed by atoms with Crippen LogP contribution in [-0.2, 0) is 0 Å². The summed E-state index contributed by atoms with van der Waals surface area (Å²) in [6, 6.07) is 11.6. The first-order valence-electron chi connectivity index (χ1n) is 6.17. The number of hydrogen-bond acceptors (Lipinski definition) is 5. The van der Waals surface area contributed by atoms with Gasteiger partial charge in [-0.15, -0.1) is 11.3 Å². The van der Waals surface area contributed by atoms with E-state index in [2.05, 4.69) is 15.3 Å². The van der Waals surface area contributed by atoms with E-state index in [0.717, 1.165) is 16.2 Å². The third-order valence-corrected chi connectivity index (χ3v) is 3.96. The van der Waals surface area contributed by atoms with Gasteiger partial charge in [0.15, 0.2) is 5.82 Å². The fraction of sp³-hybridized carbons (Fsp3) is 0.0714. The SMILES string of the molecule is COc1ccc(/C=N/n2c(-c3cccs3)n[nH]c2=S)cc1. The molecular weight excluding hydrogens is 304 g/mol. The lowest BCUT2D eigenvalue weighted by Crippen LogP contribution is -1.94. The molecule has 5 nitrogen and oxygen atoms in total. The zero-order valence-electron chi connectivity index (χ0n) is 11.2. The highest BCUT2D eigenvalue weighted by Crippen LogP contribution is 2.22. The van der Waals surface area contributed by atoms with Crippen molar-refractivity contribution in [2.75, 3.05) is 7.11 Å². The first-order valence-corrected chi connectivity index (χ1v) is 7.46. The van der Waals surface area contributed by atoms with Crippen molar-refractivity contribution in [3.8, 4) is 16.5 Å². The van der Waals surface area contributed by atoms with Gasteiger partial charge in [-0.05, 0) is 53.5 Å². The highest BCUT2D eigenvalue weighted by atomic mass is 32.1. The second-order valence-corrected chi connectivity index (χ2v) is 5.49. The van der Waals surface area contributed by atoms with Crippen molar-refractivity contribution in [3.63, 3.8) is 0 Å². The predicted octanol–water partition coefficient (Wildman–Crippen LogP) is 3.56. The molecule has 0 fully saturated rings. The Morgan fingerprint density at radius 3 is 2.81 bits per heavy atom. The summed E-state index contributed by atoms with van der Waals surface area (Å²) in [5, 5.41) is 13.4. The van der Waals surface area contributed by atoms with Gasteiger partial charge in [-0.1, -0.05) is 6.07 Å². The van der Waals surface area contributed by atoms with Crippen LogP contribution in [0.3, 0.4) is 0 Å². The molecule has 2 heterocycles. The first kappa shape index (κ1) is 13.7. The second kappa shape index (κ2) is 6.02. The first-order chi connectivity index (χ1) is 10.3. The third-order valence-electron chi connectivity index (χ3n) is 2.83. The van der Waals surface area contributed by atoms with Gasteiger partial charge in [0.2, 0.25) is 4.77 Å². The molecule has 0 saturated heterocycles. The lowest BCUT2D eigenvalue weighted by molar-refractivity contribution is 0.415. The largest absolute Gasteiger partial charge is 0.497 e. The van der Waals surface area contributed by atoms with Crippen molar-refractivity contribution in [1.82, 2.24) is 14.9 Å². The number of aromatic amines is 1. The van der Waals surface area contributed by atoms with Gasteiger partial charge < -0.3 is 4.74 Å². The average Bonchev–Trinajstić information content (AvgIpc) is 3.15. The van der Waals surface area contributed by atoms with Gasteiger partial charge in [-0.3, -0.25) is 0 Å². The Kier molecular flexibility index (Phi) is 3.94. The zero-order chi connectivity index (χ0) is 14.7. The molecule has 0 aliphatic rings. The number of benzene rings is 1. The maximum atomic E-state index is 5.22. The Morgan fingerprint density at radius 2 is 2.14 bits per heavy atom. The Balaban J connectivity index is 1.92. The molecule has 0 saturated carbocycles. The molecule has 0 aliphatic carbocycles. The molecule has 1 aromatic carbocycles. The quantitative estimate of drug-likeness (QED) is 0.591. The van der Waals surface area contributed by atoms with Crippen molar-refractivity contribution < 1.29 is 4.74 Å². The van der Waals surface area contributed by atoms with E-state index in [1.54, 1.807) is 29.3 Å². The molecule has 0 spiro atoms.